The molecule has 0 aliphatic carbocycles. The van der Waals surface area contributed by atoms with Crippen molar-refractivity contribution in [2.24, 2.45) is 0 Å². The third-order valence-corrected chi connectivity index (χ3v) is 11.9. The van der Waals surface area contributed by atoms with Crippen molar-refractivity contribution >= 4 is 81.7 Å². The van der Waals surface area contributed by atoms with Crippen LogP contribution in [0.1, 0.15) is 0 Å². The molecule has 13 rings (SSSR count). The van der Waals surface area contributed by atoms with Gasteiger partial charge in [-0.15, -0.1) is 0 Å². The zero-order chi connectivity index (χ0) is 37.2. The SMILES string of the molecule is c1ccc(-n2c3ccccc3c3ccccc32)c(-c2nc(-c3ccc4c(c3)c3cccc5c6ccccc6n4c53)nc(-n3c4ccccc4c4ccccc43)n2)c1. The fourth-order valence-electron chi connectivity index (χ4n) is 9.46. The van der Waals surface area contributed by atoms with Crippen molar-refractivity contribution in [3.63, 3.8) is 0 Å². The summed E-state index contributed by atoms with van der Waals surface area (Å²) in [5, 5.41) is 9.64. The van der Waals surface area contributed by atoms with Crippen LogP contribution >= 0.6 is 0 Å². The summed E-state index contributed by atoms with van der Waals surface area (Å²) in [4.78, 5) is 16.1. The molecule has 0 unspecified atom stereocenters. The first-order valence-electron chi connectivity index (χ1n) is 19.3. The predicted octanol–water partition coefficient (Wildman–Crippen LogP) is 12.5. The molecule has 6 heteroatoms. The first-order valence-corrected chi connectivity index (χ1v) is 19.3. The molecule has 0 saturated carbocycles. The normalized spacial score (nSPS) is 12.2. The molecule has 6 nitrogen and oxygen atoms in total. The number of benzene rings is 8. The van der Waals surface area contributed by atoms with Gasteiger partial charge in [-0.1, -0.05) is 121 Å². The molecule has 8 aromatic carbocycles. The Bertz CT molecular complexity index is 3660. The van der Waals surface area contributed by atoms with Crippen molar-refractivity contribution in [2.75, 3.05) is 0 Å². The third kappa shape index (κ3) is 4.16. The van der Waals surface area contributed by atoms with Gasteiger partial charge < -0.3 is 8.97 Å². The van der Waals surface area contributed by atoms with E-state index in [1.807, 2.05) is 0 Å². The van der Waals surface area contributed by atoms with Gasteiger partial charge >= 0.3 is 0 Å². The van der Waals surface area contributed by atoms with Gasteiger partial charge in [0.15, 0.2) is 11.6 Å². The second-order valence-corrected chi connectivity index (χ2v) is 14.8. The van der Waals surface area contributed by atoms with Crippen LogP contribution < -0.4 is 0 Å². The van der Waals surface area contributed by atoms with Crippen LogP contribution in [0.5, 0.6) is 0 Å². The number of nitrogens with zero attached hydrogens (tertiary/aromatic N) is 6. The van der Waals surface area contributed by atoms with Crippen LogP contribution in [0.15, 0.2) is 182 Å². The molecule has 0 fully saturated rings. The Morgan fingerprint density at radius 1 is 0.316 bits per heavy atom. The molecule has 0 saturated heterocycles. The van der Waals surface area contributed by atoms with E-state index < -0.39 is 0 Å². The molecule has 57 heavy (non-hydrogen) atoms. The summed E-state index contributed by atoms with van der Waals surface area (Å²) >= 11 is 0. The second kappa shape index (κ2) is 11.4. The number of rotatable bonds is 4. The minimum atomic E-state index is 0.573. The molecule has 0 aliphatic rings. The largest absolute Gasteiger partial charge is 0.309 e. The van der Waals surface area contributed by atoms with Crippen LogP contribution in [0, 0.1) is 0 Å². The van der Waals surface area contributed by atoms with Gasteiger partial charge in [0.1, 0.15) is 0 Å². The van der Waals surface area contributed by atoms with Crippen molar-refractivity contribution < 1.29 is 0 Å². The van der Waals surface area contributed by atoms with Crippen LogP contribution in [0.3, 0.4) is 0 Å². The molecule has 5 heterocycles. The van der Waals surface area contributed by atoms with Gasteiger partial charge in [0.05, 0.1) is 44.3 Å². The molecule has 0 N–H and O–H groups in total. The Morgan fingerprint density at radius 2 is 0.772 bits per heavy atom. The van der Waals surface area contributed by atoms with Gasteiger partial charge in [0.25, 0.3) is 0 Å². The first kappa shape index (κ1) is 30.5. The molecule has 0 atom stereocenters. The molecule has 0 spiro atoms. The number of hydrogen-bond acceptors (Lipinski definition) is 3. The maximum Gasteiger partial charge on any atom is 0.238 e. The quantitative estimate of drug-likeness (QED) is 0.181. The Balaban J connectivity index is 1.11. The van der Waals surface area contributed by atoms with Crippen molar-refractivity contribution in [2.45, 2.75) is 0 Å². The molecular formula is C51H30N6. The lowest BCUT2D eigenvalue weighted by molar-refractivity contribution is 0.952. The highest BCUT2D eigenvalue weighted by molar-refractivity contribution is 6.23. The zero-order valence-electron chi connectivity index (χ0n) is 30.5. The minimum Gasteiger partial charge on any atom is -0.309 e. The lowest BCUT2D eigenvalue weighted by Crippen LogP contribution is -2.07. The smallest absolute Gasteiger partial charge is 0.238 e. The van der Waals surface area contributed by atoms with E-state index in [2.05, 4.69) is 196 Å². The average molecular weight is 727 g/mol. The molecule has 0 bridgehead atoms. The lowest BCUT2D eigenvalue weighted by Gasteiger charge is -2.15. The summed E-state index contributed by atoms with van der Waals surface area (Å²) in [7, 11) is 0. The third-order valence-electron chi connectivity index (χ3n) is 11.9. The number of hydrogen-bond donors (Lipinski definition) is 0. The van der Waals surface area contributed by atoms with Gasteiger partial charge in [-0.3, -0.25) is 4.57 Å². The molecule has 0 aliphatic heterocycles. The highest BCUT2D eigenvalue weighted by Gasteiger charge is 2.22. The standard InChI is InChI=1S/C51H30N6/c1-7-22-41-32(14-1)33-15-2-8-23-42(33)55(41)46-27-12-6-19-39(46)50-52-49(53-51(54-50)57-44-25-10-3-16-34(44)35-17-4-11-26-45(35)57)31-28-29-47-40(30-31)38-21-13-20-37-36-18-5-9-24-43(36)56(47)48(37)38/h1-30H. The fourth-order valence-corrected chi connectivity index (χ4v) is 9.46. The maximum absolute atomic E-state index is 5.39. The van der Waals surface area contributed by atoms with Gasteiger partial charge in [-0.2, -0.15) is 9.97 Å². The molecule has 264 valence electrons. The van der Waals surface area contributed by atoms with E-state index in [1.54, 1.807) is 0 Å². The monoisotopic (exact) mass is 726 g/mol. The van der Waals surface area contributed by atoms with E-state index in [-0.39, 0.29) is 0 Å². The van der Waals surface area contributed by atoms with Gasteiger partial charge in [0.2, 0.25) is 5.95 Å². The fraction of sp³-hybridized carbons (Fsp3) is 0. The first-order chi connectivity index (χ1) is 28.3. The van der Waals surface area contributed by atoms with Gasteiger partial charge in [-0.25, -0.2) is 4.98 Å². The summed E-state index contributed by atoms with van der Waals surface area (Å²) in [5.74, 6) is 1.80. The van der Waals surface area contributed by atoms with E-state index >= 15 is 0 Å². The van der Waals surface area contributed by atoms with Gasteiger partial charge in [0, 0.05) is 54.2 Å². The number of aromatic nitrogens is 6. The molecule has 5 aromatic heterocycles. The van der Waals surface area contributed by atoms with Crippen molar-refractivity contribution in [3.05, 3.63) is 182 Å². The summed E-state index contributed by atoms with van der Waals surface area (Å²) in [6.07, 6.45) is 0. The van der Waals surface area contributed by atoms with Crippen LogP contribution in [-0.4, -0.2) is 28.5 Å². The summed E-state index contributed by atoms with van der Waals surface area (Å²) < 4.78 is 6.94. The van der Waals surface area contributed by atoms with Crippen molar-refractivity contribution in [1.82, 2.24) is 28.5 Å². The Labute approximate surface area is 325 Å². The summed E-state index contributed by atoms with van der Waals surface area (Å²) in [5.41, 5.74) is 10.8. The Kier molecular flexibility index (Phi) is 6.07. The van der Waals surface area contributed by atoms with Crippen molar-refractivity contribution in [1.29, 1.82) is 0 Å². The molecular weight excluding hydrogens is 697 g/mol. The zero-order valence-corrected chi connectivity index (χ0v) is 30.5. The van der Waals surface area contributed by atoms with E-state index in [1.165, 1.54) is 48.9 Å². The van der Waals surface area contributed by atoms with E-state index in [9.17, 15) is 0 Å². The number of para-hydroxylation sites is 7. The summed E-state index contributed by atoms with van der Waals surface area (Å²) in [6.45, 7) is 0. The Hall–Kier alpha value is -7.83. The Morgan fingerprint density at radius 3 is 1.40 bits per heavy atom. The van der Waals surface area contributed by atoms with E-state index in [0.29, 0.717) is 17.6 Å². The van der Waals surface area contributed by atoms with E-state index in [4.69, 9.17) is 15.0 Å². The van der Waals surface area contributed by atoms with Crippen LogP contribution in [0.25, 0.3) is 116 Å². The maximum atomic E-state index is 5.39. The van der Waals surface area contributed by atoms with Crippen LogP contribution in [0.2, 0.25) is 0 Å². The minimum absolute atomic E-state index is 0.573. The van der Waals surface area contributed by atoms with E-state index in [0.717, 1.165) is 49.7 Å². The van der Waals surface area contributed by atoms with Crippen LogP contribution in [-0.2, 0) is 0 Å². The molecule has 0 radical (unpaired) electrons. The average Bonchev–Trinajstić information content (AvgIpc) is 4.01. The highest BCUT2D eigenvalue weighted by Crippen LogP contribution is 2.41. The van der Waals surface area contributed by atoms with Crippen LogP contribution in [0.4, 0.5) is 0 Å². The summed E-state index contributed by atoms with van der Waals surface area (Å²) in [6, 6.07) is 64.7. The number of fused-ring (bicyclic) bond motifs is 12. The lowest BCUT2D eigenvalue weighted by atomic mass is 10.1. The van der Waals surface area contributed by atoms with Crippen molar-refractivity contribution in [3.8, 4) is 34.4 Å². The van der Waals surface area contributed by atoms with Gasteiger partial charge in [-0.05, 0) is 60.7 Å². The predicted molar refractivity (Wildman–Crippen MR) is 234 cm³/mol. The molecule has 13 aromatic rings. The molecule has 0 amide bonds. The highest BCUT2D eigenvalue weighted by atomic mass is 15.2. The topological polar surface area (TPSA) is 52.9 Å². The second-order valence-electron chi connectivity index (χ2n) is 14.8.